The molecule has 0 aliphatic heterocycles. The molecule has 0 saturated heterocycles. The Hall–Kier alpha value is -3.46. The highest BCUT2D eigenvalue weighted by Crippen LogP contribution is 2.20. The quantitative estimate of drug-likeness (QED) is 0.564. The third kappa shape index (κ3) is 6.02. The molecule has 0 atom stereocenters. The Balaban J connectivity index is 1.59. The molecule has 6 nitrogen and oxygen atoms in total. The van der Waals surface area contributed by atoms with E-state index in [4.69, 9.17) is 4.74 Å². The lowest BCUT2D eigenvalue weighted by molar-refractivity contribution is -0.118. The number of rotatable bonds is 7. The van der Waals surface area contributed by atoms with Crippen molar-refractivity contribution in [2.24, 2.45) is 0 Å². The molecule has 3 aromatic carbocycles. The molecule has 0 aliphatic rings. The number of ether oxygens (including phenoxy) is 1. The molecule has 0 radical (unpaired) electrons. The van der Waals surface area contributed by atoms with E-state index in [0.29, 0.717) is 17.5 Å². The van der Waals surface area contributed by atoms with E-state index in [1.165, 1.54) is 24.3 Å². The Labute approximate surface area is 178 Å². The molecule has 2 N–H and O–H groups in total. The van der Waals surface area contributed by atoms with Crippen LogP contribution < -0.4 is 14.8 Å². The molecular weight excluding hydrogens is 426 g/mol. The van der Waals surface area contributed by atoms with Gasteiger partial charge in [-0.3, -0.25) is 9.52 Å². The number of anilines is 2. The second-order valence-corrected chi connectivity index (χ2v) is 8.60. The van der Waals surface area contributed by atoms with E-state index in [9.17, 15) is 22.0 Å². The maximum absolute atomic E-state index is 13.3. The second kappa shape index (κ2) is 9.13. The number of hydrogen-bond donors (Lipinski definition) is 2. The molecule has 3 rings (SSSR count). The molecule has 9 heteroatoms. The van der Waals surface area contributed by atoms with Gasteiger partial charge in [-0.1, -0.05) is 6.07 Å². The third-order valence-electron chi connectivity index (χ3n) is 4.19. The van der Waals surface area contributed by atoms with Crippen molar-refractivity contribution in [2.45, 2.75) is 18.7 Å². The Kier molecular flexibility index (Phi) is 6.55. The summed E-state index contributed by atoms with van der Waals surface area (Å²) in [6, 6.07) is 13.8. The predicted molar refractivity (Wildman–Crippen MR) is 114 cm³/mol. The second-order valence-electron chi connectivity index (χ2n) is 6.92. The van der Waals surface area contributed by atoms with E-state index in [2.05, 4.69) is 10.0 Å². The molecule has 0 saturated carbocycles. The Morgan fingerprint density at radius 1 is 0.871 bits per heavy atom. The zero-order valence-corrected chi connectivity index (χ0v) is 17.6. The first-order valence-electron chi connectivity index (χ1n) is 9.21. The molecule has 0 fully saturated rings. The minimum absolute atomic E-state index is 0.187. The van der Waals surface area contributed by atoms with Gasteiger partial charge < -0.3 is 10.1 Å². The van der Waals surface area contributed by atoms with Crippen molar-refractivity contribution in [3.05, 3.63) is 83.4 Å². The molecule has 0 unspecified atom stereocenters. The summed E-state index contributed by atoms with van der Waals surface area (Å²) in [4.78, 5) is 11.7. The van der Waals surface area contributed by atoms with Gasteiger partial charge in [-0.25, -0.2) is 17.2 Å². The third-order valence-corrected chi connectivity index (χ3v) is 5.57. The summed E-state index contributed by atoms with van der Waals surface area (Å²) in [6.45, 7) is 3.68. The summed E-state index contributed by atoms with van der Waals surface area (Å²) in [7, 11) is -4.10. The van der Waals surface area contributed by atoms with Crippen molar-refractivity contribution < 1.29 is 26.7 Å². The highest BCUT2D eigenvalue weighted by Gasteiger charge is 2.16. The van der Waals surface area contributed by atoms with Crippen molar-refractivity contribution in [3.8, 4) is 5.75 Å². The summed E-state index contributed by atoms with van der Waals surface area (Å²) >= 11 is 0. The first-order valence-corrected chi connectivity index (χ1v) is 10.7. The van der Waals surface area contributed by atoms with E-state index in [-0.39, 0.29) is 18.2 Å². The zero-order valence-electron chi connectivity index (χ0n) is 16.8. The van der Waals surface area contributed by atoms with Gasteiger partial charge in [-0.05, 0) is 79.6 Å². The molecule has 1 amide bonds. The lowest BCUT2D eigenvalue weighted by Crippen LogP contribution is -2.20. The number of nitrogens with one attached hydrogen (secondary N) is 2. The maximum atomic E-state index is 13.3. The van der Waals surface area contributed by atoms with Crippen LogP contribution in [0.3, 0.4) is 0 Å². The van der Waals surface area contributed by atoms with Crippen LogP contribution in [-0.2, 0) is 14.8 Å². The van der Waals surface area contributed by atoms with Crippen LogP contribution in [0.1, 0.15) is 11.1 Å². The summed E-state index contributed by atoms with van der Waals surface area (Å²) in [6.07, 6.45) is 0. The first kappa shape index (κ1) is 22.2. The van der Waals surface area contributed by atoms with Gasteiger partial charge in [0, 0.05) is 11.4 Å². The van der Waals surface area contributed by atoms with E-state index >= 15 is 0 Å². The lowest BCUT2D eigenvalue weighted by atomic mass is 10.1. The number of halogens is 2. The fourth-order valence-corrected chi connectivity index (χ4v) is 3.91. The molecule has 31 heavy (non-hydrogen) atoms. The monoisotopic (exact) mass is 446 g/mol. The molecule has 0 bridgehead atoms. The van der Waals surface area contributed by atoms with Gasteiger partial charge >= 0.3 is 0 Å². The van der Waals surface area contributed by atoms with Crippen molar-refractivity contribution in [1.29, 1.82) is 0 Å². The van der Waals surface area contributed by atoms with Gasteiger partial charge in [-0.2, -0.15) is 0 Å². The van der Waals surface area contributed by atoms with E-state index in [1.807, 2.05) is 32.0 Å². The molecule has 0 aromatic heterocycles. The van der Waals surface area contributed by atoms with Crippen molar-refractivity contribution in [1.82, 2.24) is 0 Å². The molecule has 0 aliphatic carbocycles. The summed E-state index contributed by atoms with van der Waals surface area (Å²) in [5.74, 6) is -2.19. The Morgan fingerprint density at radius 3 is 2.10 bits per heavy atom. The molecule has 0 spiro atoms. The van der Waals surface area contributed by atoms with Crippen molar-refractivity contribution >= 4 is 27.3 Å². The van der Waals surface area contributed by atoms with Crippen LogP contribution in [-0.4, -0.2) is 20.9 Å². The van der Waals surface area contributed by atoms with Crippen molar-refractivity contribution in [3.63, 3.8) is 0 Å². The van der Waals surface area contributed by atoms with Crippen molar-refractivity contribution in [2.75, 3.05) is 16.6 Å². The maximum Gasteiger partial charge on any atom is 0.262 e. The van der Waals surface area contributed by atoms with Crippen LogP contribution in [0.4, 0.5) is 20.2 Å². The van der Waals surface area contributed by atoms with E-state index < -0.39 is 26.6 Å². The van der Waals surface area contributed by atoms with Gasteiger partial charge in [0.1, 0.15) is 5.75 Å². The number of carbonyl (C=O) groups excluding carboxylic acids is 1. The van der Waals surface area contributed by atoms with Crippen LogP contribution in [0, 0.1) is 25.5 Å². The molecule has 0 heterocycles. The lowest BCUT2D eigenvalue weighted by Gasteiger charge is -2.11. The number of carbonyl (C=O) groups is 1. The Morgan fingerprint density at radius 2 is 1.48 bits per heavy atom. The molecular formula is C22H20F2N2O4S. The van der Waals surface area contributed by atoms with E-state index in [1.54, 1.807) is 0 Å². The predicted octanol–water partition coefficient (Wildman–Crippen LogP) is 4.40. The normalized spacial score (nSPS) is 11.1. The number of sulfonamides is 1. The summed E-state index contributed by atoms with van der Waals surface area (Å²) in [5.41, 5.74) is 2.67. The molecule has 3 aromatic rings. The van der Waals surface area contributed by atoms with Gasteiger partial charge in [0.15, 0.2) is 18.2 Å². The number of benzene rings is 3. The minimum atomic E-state index is -4.10. The largest absolute Gasteiger partial charge is 0.484 e. The van der Waals surface area contributed by atoms with Crippen LogP contribution in [0.5, 0.6) is 5.75 Å². The van der Waals surface area contributed by atoms with E-state index in [0.717, 1.165) is 23.3 Å². The Bertz CT molecular complexity index is 1190. The van der Waals surface area contributed by atoms with Gasteiger partial charge in [0.05, 0.1) is 4.90 Å². The molecule has 162 valence electrons. The number of amides is 1. The summed E-state index contributed by atoms with van der Waals surface area (Å²) < 4.78 is 58.7. The highest BCUT2D eigenvalue weighted by atomic mass is 32.2. The fraction of sp³-hybridized carbons (Fsp3) is 0.136. The smallest absolute Gasteiger partial charge is 0.262 e. The first-order chi connectivity index (χ1) is 14.6. The SMILES string of the molecule is Cc1cc(C)cc(OCC(=O)Nc2ccc(NS(=O)(=O)c3ccc(F)c(F)c3)cc2)c1. The van der Waals surface area contributed by atoms with Gasteiger partial charge in [0.25, 0.3) is 15.9 Å². The van der Waals surface area contributed by atoms with Crippen LogP contribution in [0.25, 0.3) is 0 Å². The zero-order chi connectivity index (χ0) is 22.6. The average molecular weight is 446 g/mol. The van der Waals surface area contributed by atoms with Gasteiger partial charge in [0.2, 0.25) is 0 Å². The van der Waals surface area contributed by atoms with Gasteiger partial charge in [-0.15, -0.1) is 0 Å². The van der Waals surface area contributed by atoms with Crippen LogP contribution >= 0.6 is 0 Å². The minimum Gasteiger partial charge on any atom is -0.484 e. The number of hydrogen-bond acceptors (Lipinski definition) is 4. The number of aryl methyl sites for hydroxylation is 2. The van der Waals surface area contributed by atoms with Crippen LogP contribution in [0.15, 0.2) is 65.6 Å². The average Bonchev–Trinajstić information content (AvgIpc) is 2.69. The highest BCUT2D eigenvalue weighted by molar-refractivity contribution is 7.92. The fourth-order valence-electron chi connectivity index (χ4n) is 2.84. The van der Waals surface area contributed by atoms with Crippen LogP contribution in [0.2, 0.25) is 0 Å². The summed E-state index contributed by atoms with van der Waals surface area (Å²) in [5, 5.41) is 2.64. The standard InChI is InChI=1S/C22H20F2N2O4S/c1-14-9-15(2)11-18(10-14)30-13-22(27)25-16-3-5-17(6-4-16)26-31(28,29)19-7-8-20(23)21(24)12-19/h3-12,26H,13H2,1-2H3,(H,25,27). The topological polar surface area (TPSA) is 84.5 Å².